The molecule has 1 N–H and O–H groups in total. The molecule has 6 nitrogen and oxygen atoms in total. The Morgan fingerprint density at radius 3 is 2.85 bits per heavy atom. The summed E-state index contributed by atoms with van der Waals surface area (Å²) in [7, 11) is 0. The first kappa shape index (κ1) is 18.7. The maximum Gasteiger partial charge on any atom is 0.259 e. The van der Waals surface area contributed by atoms with Crippen LogP contribution in [0.5, 0.6) is 0 Å². The van der Waals surface area contributed by atoms with E-state index in [2.05, 4.69) is 21.5 Å². The Labute approximate surface area is 166 Å². The third-order valence-corrected chi connectivity index (χ3v) is 7.35. The van der Waals surface area contributed by atoms with E-state index in [9.17, 15) is 4.79 Å². The van der Waals surface area contributed by atoms with E-state index >= 15 is 0 Å². The van der Waals surface area contributed by atoms with Gasteiger partial charge in [0.25, 0.3) is 5.56 Å². The maximum atomic E-state index is 12.5. The van der Waals surface area contributed by atoms with Crippen molar-refractivity contribution in [3.8, 4) is 0 Å². The van der Waals surface area contributed by atoms with Crippen LogP contribution in [0.25, 0.3) is 10.2 Å². The molecule has 0 bridgehead atoms. The van der Waals surface area contributed by atoms with Crippen molar-refractivity contribution in [3.63, 3.8) is 0 Å². The SMILES string of the molecule is Cc1nc(SCc2nc3sc(C)c(C)c3c(=O)[nH]2)n(C[C@H]2CCCO2)c1C. The normalized spacial score (nSPS) is 17.3. The monoisotopic (exact) mass is 404 g/mol. The van der Waals surface area contributed by atoms with Crippen molar-refractivity contribution in [1.29, 1.82) is 0 Å². The number of aryl methyl sites for hydroxylation is 3. The number of aromatic nitrogens is 4. The molecule has 0 unspecified atom stereocenters. The molecular formula is C19H24N4O2S2. The summed E-state index contributed by atoms with van der Waals surface area (Å²) in [5.74, 6) is 1.28. The number of thioether (sulfide) groups is 1. The van der Waals surface area contributed by atoms with E-state index in [0.717, 1.165) is 57.5 Å². The van der Waals surface area contributed by atoms with Crippen LogP contribution in [-0.2, 0) is 17.0 Å². The smallest absolute Gasteiger partial charge is 0.259 e. The molecule has 144 valence electrons. The zero-order valence-corrected chi connectivity index (χ0v) is 17.7. The van der Waals surface area contributed by atoms with Crippen LogP contribution in [0.2, 0.25) is 0 Å². The van der Waals surface area contributed by atoms with Crippen molar-refractivity contribution >= 4 is 33.3 Å². The number of aromatic amines is 1. The second-order valence-electron chi connectivity index (χ2n) is 7.08. The molecule has 4 heterocycles. The minimum absolute atomic E-state index is 0.0486. The van der Waals surface area contributed by atoms with Gasteiger partial charge < -0.3 is 14.3 Å². The molecular weight excluding hydrogens is 380 g/mol. The number of nitrogens with one attached hydrogen (secondary N) is 1. The maximum absolute atomic E-state index is 12.5. The van der Waals surface area contributed by atoms with Gasteiger partial charge in [0.1, 0.15) is 10.7 Å². The lowest BCUT2D eigenvalue weighted by Gasteiger charge is -2.14. The molecule has 0 amide bonds. The number of rotatable bonds is 5. The Morgan fingerprint density at radius 1 is 1.30 bits per heavy atom. The molecule has 3 aromatic rings. The molecule has 1 saturated heterocycles. The first-order valence-electron chi connectivity index (χ1n) is 9.21. The van der Waals surface area contributed by atoms with E-state index in [-0.39, 0.29) is 11.7 Å². The van der Waals surface area contributed by atoms with E-state index in [1.807, 2.05) is 20.8 Å². The molecule has 0 radical (unpaired) electrons. The van der Waals surface area contributed by atoms with E-state index < -0.39 is 0 Å². The molecule has 1 aliphatic heterocycles. The number of hydrogen-bond acceptors (Lipinski definition) is 6. The standard InChI is InChI=1S/C19H24N4O2S2/c1-10-13(4)27-18-16(10)17(24)21-15(22-18)9-26-19-20-11(2)12(3)23(19)8-14-6-5-7-25-14/h14H,5-9H2,1-4H3,(H,21,22,24)/t14-/m1/s1. The van der Waals surface area contributed by atoms with E-state index in [0.29, 0.717) is 11.6 Å². The number of ether oxygens (including phenoxy) is 1. The van der Waals surface area contributed by atoms with Crippen molar-refractivity contribution in [2.24, 2.45) is 0 Å². The molecule has 8 heteroatoms. The van der Waals surface area contributed by atoms with Gasteiger partial charge in [0, 0.05) is 17.2 Å². The van der Waals surface area contributed by atoms with Gasteiger partial charge >= 0.3 is 0 Å². The minimum atomic E-state index is -0.0486. The summed E-state index contributed by atoms with van der Waals surface area (Å²) in [6, 6.07) is 0. The van der Waals surface area contributed by atoms with Crippen molar-refractivity contribution in [1.82, 2.24) is 19.5 Å². The molecule has 0 aliphatic carbocycles. The van der Waals surface area contributed by atoms with Gasteiger partial charge in [-0.25, -0.2) is 9.97 Å². The Morgan fingerprint density at radius 2 is 2.11 bits per heavy atom. The highest BCUT2D eigenvalue weighted by Crippen LogP contribution is 2.28. The molecule has 1 atom stereocenters. The highest BCUT2D eigenvalue weighted by Gasteiger charge is 2.20. The van der Waals surface area contributed by atoms with Crippen LogP contribution in [0.1, 0.15) is 40.5 Å². The number of hydrogen-bond donors (Lipinski definition) is 1. The quantitative estimate of drug-likeness (QED) is 0.653. The van der Waals surface area contributed by atoms with Gasteiger partial charge in [-0.2, -0.15) is 0 Å². The highest BCUT2D eigenvalue weighted by molar-refractivity contribution is 7.98. The van der Waals surface area contributed by atoms with Gasteiger partial charge in [-0.15, -0.1) is 11.3 Å². The number of H-pyrrole nitrogens is 1. The average molecular weight is 405 g/mol. The van der Waals surface area contributed by atoms with E-state index in [4.69, 9.17) is 9.72 Å². The number of nitrogens with zero attached hydrogens (tertiary/aromatic N) is 3. The Balaban J connectivity index is 1.57. The first-order valence-corrected chi connectivity index (χ1v) is 11.0. The summed E-state index contributed by atoms with van der Waals surface area (Å²) in [6.07, 6.45) is 2.50. The van der Waals surface area contributed by atoms with Crippen LogP contribution in [0.3, 0.4) is 0 Å². The fraction of sp³-hybridized carbons (Fsp3) is 0.526. The Kier molecular flexibility index (Phi) is 5.13. The number of imidazole rings is 1. The predicted molar refractivity (Wildman–Crippen MR) is 110 cm³/mol. The van der Waals surface area contributed by atoms with Crippen LogP contribution < -0.4 is 5.56 Å². The summed E-state index contributed by atoms with van der Waals surface area (Å²) < 4.78 is 8.04. The molecule has 1 aliphatic rings. The lowest BCUT2D eigenvalue weighted by molar-refractivity contribution is 0.0945. The molecule has 0 spiro atoms. The molecule has 0 saturated carbocycles. The summed E-state index contributed by atoms with van der Waals surface area (Å²) >= 11 is 3.20. The summed E-state index contributed by atoms with van der Waals surface area (Å²) in [5.41, 5.74) is 3.19. The molecule has 4 rings (SSSR count). The Bertz CT molecular complexity index is 1040. The first-order chi connectivity index (χ1) is 12.9. The van der Waals surface area contributed by atoms with Crippen molar-refractivity contribution in [2.75, 3.05) is 6.61 Å². The van der Waals surface area contributed by atoms with Crippen LogP contribution in [0.4, 0.5) is 0 Å². The minimum Gasteiger partial charge on any atom is -0.376 e. The van der Waals surface area contributed by atoms with E-state index in [1.54, 1.807) is 23.1 Å². The number of fused-ring (bicyclic) bond motifs is 1. The second-order valence-corrected chi connectivity index (χ2v) is 9.22. The largest absolute Gasteiger partial charge is 0.376 e. The van der Waals surface area contributed by atoms with Gasteiger partial charge in [-0.05, 0) is 46.1 Å². The summed E-state index contributed by atoms with van der Waals surface area (Å²) in [6.45, 7) is 9.83. The predicted octanol–water partition coefficient (Wildman–Crippen LogP) is 3.89. The number of thiophene rings is 1. The lowest BCUT2D eigenvalue weighted by Crippen LogP contribution is -2.17. The highest BCUT2D eigenvalue weighted by atomic mass is 32.2. The zero-order chi connectivity index (χ0) is 19.1. The van der Waals surface area contributed by atoms with Gasteiger partial charge in [0.15, 0.2) is 5.16 Å². The van der Waals surface area contributed by atoms with Gasteiger partial charge in [0.2, 0.25) is 0 Å². The van der Waals surface area contributed by atoms with Crippen molar-refractivity contribution in [2.45, 2.75) is 64.1 Å². The van der Waals surface area contributed by atoms with Crippen molar-refractivity contribution in [3.05, 3.63) is 38.0 Å². The van der Waals surface area contributed by atoms with Crippen LogP contribution in [0.15, 0.2) is 9.95 Å². The summed E-state index contributed by atoms with van der Waals surface area (Å²) in [4.78, 5) is 26.8. The zero-order valence-electron chi connectivity index (χ0n) is 16.1. The lowest BCUT2D eigenvalue weighted by atomic mass is 10.2. The van der Waals surface area contributed by atoms with Gasteiger partial charge in [0.05, 0.1) is 29.5 Å². The third-order valence-electron chi connectivity index (χ3n) is 5.26. The van der Waals surface area contributed by atoms with Gasteiger partial charge in [-0.3, -0.25) is 4.79 Å². The topological polar surface area (TPSA) is 72.8 Å². The van der Waals surface area contributed by atoms with Crippen molar-refractivity contribution < 1.29 is 4.74 Å². The molecule has 27 heavy (non-hydrogen) atoms. The summed E-state index contributed by atoms with van der Waals surface area (Å²) in [5, 5.41) is 1.68. The Hall–Kier alpha value is -1.64. The fourth-order valence-corrected chi connectivity index (χ4v) is 5.46. The fourth-order valence-electron chi connectivity index (χ4n) is 3.44. The van der Waals surface area contributed by atoms with Gasteiger partial charge in [-0.1, -0.05) is 11.8 Å². The molecule has 1 fully saturated rings. The third kappa shape index (κ3) is 3.58. The second kappa shape index (κ2) is 7.41. The van der Waals surface area contributed by atoms with Crippen LogP contribution >= 0.6 is 23.1 Å². The average Bonchev–Trinajstić information content (AvgIpc) is 3.30. The van der Waals surface area contributed by atoms with Crippen LogP contribution in [-0.4, -0.2) is 32.2 Å². The molecule has 3 aromatic heterocycles. The molecule has 0 aromatic carbocycles. The van der Waals surface area contributed by atoms with Crippen LogP contribution in [0, 0.1) is 27.7 Å². The van der Waals surface area contributed by atoms with E-state index in [1.165, 1.54) is 5.69 Å².